The van der Waals surface area contributed by atoms with Gasteiger partial charge >= 0.3 is 5.97 Å². The van der Waals surface area contributed by atoms with Crippen LogP contribution in [0.5, 0.6) is 5.75 Å². The average molecular weight is 277 g/mol. The van der Waals surface area contributed by atoms with Crippen molar-refractivity contribution in [1.29, 1.82) is 0 Å². The number of benzene rings is 1. The Bertz CT molecular complexity index is 434. The van der Waals surface area contributed by atoms with E-state index in [1.165, 1.54) is 0 Å². The molecule has 0 bridgehead atoms. The summed E-state index contributed by atoms with van der Waals surface area (Å²) in [5.41, 5.74) is 0.443. The summed E-state index contributed by atoms with van der Waals surface area (Å²) in [6.07, 6.45) is 4.28. The molecule has 0 unspecified atom stereocenters. The summed E-state index contributed by atoms with van der Waals surface area (Å²) >= 11 is 0. The molecule has 110 valence electrons. The van der Waals surface area contributed by atoms with Gasteiger partial charge in [-0.05, 0) is 31.0 Å². The number of hydrogen-bond donors (Lipinski definition) is 0. The van der Waals surface area contributed by atoms with E-state index in [4.69, 9.17) is 9.47 Å². The SMILES string of the molecule is CCCCCOc1ccc(C([O-])=CC(=O)OCC)cc1. The summed E-state index contributed by atoms with van der Waals surface area (Å²) in [4.78, 5) is 11.2. The third-order valence-electron chi connectivity index (χ3n) is 2.69. The van der Waals surface area contributed by atoms with Gasteiger partial charge < -0.3 is 14.6 Å². The molecule has 0 spiro atoms. The number of hydrogen-bond acceptors (Lipinski definition) is 4. The molecule has 0 N–H and O–H groups in total. The van der Waals surface area contributed by atoms with Gasteiger partial charge in [-0.1, -0.05) is 37.7 Å². The standard InChI is InChI=1S/C16H22O4/c1-3-5-6-11-20-14-9-7-13(8-10-14)15(17)12-16(18)19-4-2/h7-10,12,17H,3-6,11H2,1-2H3/p-1. The molecule has 1 aromatic carbocycles. The highest BCUT2D eigenvalue weighted by atomic mass is 16.5. The third kappa shape index (κ3) is 5.78. The highest BCUT2D eigenvalue weighted by molar-refractivity contribution is 5.88. The lowest BCUT2D eigenvalue weighted by Crippen LogP contribution is -2.08. The Morgan fingerprint density at radius 2 is 1.90 bits per heavy atom. The summed E-state index contributed by atoms with van der Waals surface area (Å²) in [5.74, 6) is -0.243. The molecule has 0 fully saturated rings. The molecule has 0 saturated carbocycles. The average Bonchev–Trinajstić information content (AvgIpc) is 2.44. The van der Waals surface area contributed by atoms with Gasteiger partial charge in [0.1, 0.15) is 5.75 Å². The van der Waals surface area contributed by atoms with Crippen LogP contribution in [-0.2, 0) is 9.53 Å². The normalized spacial score (nSPS) is 11.2. The van der Waals surface area contributed by atoms with Crippen LogP contribution in [0.2, 0.25) is 0 Å². The number of unbranched alkanes of at least 4 members (excludes halogenated alkanes) is 2. The molecule has 1 rings (SSSR count). The van der Waals surface area contributed by atoms with E-state index in [9.17, 15) is 9.90 Å². The molecule has 4 heteroatoms. The van der Waals surface area contributed by atoms with E-state index in [0.29, 0.717) is 12.2 Å². The molecule has 0 saturated heterocycles. The van der Waals surface area contributed by atoms with Crippen molar-refractivity contribution in [3.05, 3.63) is 35.9 Å². The summed E-state index contributed by atoms with van der Waals surface area (Å²) in [6.45, 7) is 4.77. The van der Waals surface area contributed by atoms with Gasteiger partial charge in [0.2, 0.25) is 0 Å². The number of ether oxygens (including phenoxy) is 2. The lowest BCUT2D eigenvalue weighted by atomic mass is 10.1. The Hall–Kier alpha value is -1.97. The Kier molecular flexibility index (Phi) is 7.25. The van der Waals surface area contributed by atoms with Gasteiger partial charge in [-0.25, -0.2) is 4.79 Å². The molecule has 0 aromatic heterocycles. The highest BCUT2D eigenvalue weighted by Gasteiger charge is 1.98. The lowest BCUT2D eigenvalue weighted by molar-refractivity contribution is -0.244. The molecule has 4 nitrogen and oxygen atoms in total. The molecule has 0 heterocycles. The second-order valence-corrected chi connectivity index (χ2v) is 4.34. The highest BCUT2D eigenvalue weighted by Crippen LogP contribution is 2.16. The maximum Gasteiger partial charge on any atom is 0.330 e. The molecule has 20 heavy (non-hydrogen) atoms. The first-order chi connectivity index (χ1) is 9.67. The van der Waals surface area contributed by atoms with Gasteiger partial charge in [-0.2, -0.15) is 0 Å². The van der Waals surface area contributed by atoms with Gasteiger partial charge in [0.25, 0.3) is 0 Å². The maximum absolute atomic E-state index is 11.7. The zero-order chi connectivity index (χ0) is 14.8. The Balaban J connectivity index is 2.55. The second-order valence-electron chi connectivity index (χ2n) is 4.34. The smallest absolute Gasteiger partial charge is 0.330 e. The molecule has 0 radical (unpaired) electrons. The van der Waals surface area contributed by atoms with Gasteiger partial charge in [-0.3, -0.25) is 0 Å². The van der Waals surface area contributed by atoms with Crippen molar-refractivity contribution < 1.29 is 19.4 Å². The predicted molar refractivity (Wildman–Crippen MR) is 76.1 cm³/mol. The minimum atomic E-state index is -0.614. The quantitative estimate of drug-likeness (QED) is 0.317. The third-order valence-corrected chi connectivity index (χ3v) is 2.69. The molecular weight excluding hydrogens is 256 g/mol. The number of carbonyl (C=O) groups is 1. The summed E-state index contributed by atoms with van der Waals surface area (Å²) in [7, 11) is 0. The largest absolute Gasteiger partial charge is 0.872 e. The van der Waals surface area contributed by atoms with Crippen LogP contribution in [0.3, 0.4) is 0 Å². The Morgan fingerprint density at radius 1 is 1.20 bits per heavy atom. The second kappa shape index (κ2) is 9.02. The van der Waals surface area contributed by atoms with Crippen molar-refractivity contribution in [2.24, 2.45) is 0 Å². The Labute approximate surface area is 120 Å². The number of carbonyl (C=O) groups excluding carboxylic acids is 1. The van der Waals surface area contributed by atoms with E-state index in [-0.39, 0.29) is 12.4 Å². The summed E-state index contributed by atoms with van der Waals surface area (Å²) < 4.78 is 10.2. The first-order valence-electron chi connectivity index (χ1n) is 6.96. The van der Waals surface area contributed by atoms with Crippen molar-refractivity contribution in [1.82, 2.24) is 0 Å². The van der Waals surface area contributed by atoms with Gasteiger partial charge in [-0.15, -0.1) is 0 Å². The van der Waals surface area contributed by atoms with Crippen LogP contribution in [0, 0.1) is 0 Å². The number of esters is 1. The zero-order valence-electron chi connectivity index (χ0n) is 12.1. The van der Waals surface area contributed by atoms with Crippen LogP contribution in [0.25, 0.3) is 5.76 Å². The van der Waals surface area contributed by atoms with E-state index in [1.54, 1.807) is 31.2 Å². The molecule has 0 aliphatic rings. The van der Waals surface area contributed by atoms with E-state index >= 15 is 0 Å². The monoisotopic (exact) mass is 277 g/mol. The fourth-order valence-electron chi connectivity index (χ4n) is 1.63. The van der Waals surface area contributed by atoms with Crippen molar-refractivity contribution >= 4 is 11.7 Å². The molecular formula is C16H21O4-. The van der Waals surface area contributed by atoms with Crippen LogP contribution in [-0.4, -0.2) is 19.2 Å². The molecule has 0 amide bonds. The van der Waals surface area contributed by atoms with Gasteiger partial charge in [0, 0.05) is 6.08 Å². The van der Waals surface area contributed by atoms with Crippen LogP contribution >= 0.6 is 0 Å². The van der Waals surface area contributed by atoms with Crippen molar-refractivity contribution in [3.63, 3.8) is 0 Å². The van der Waals surface area contributed by atoms with Crippen molar-refractivity contribution in [2.75, 3.05) is 13.2 Å². The van der Waals surface area contributed by atoms with Crippen molar-refractivity contribution in [2.45, 2.75) is 33.1 Å². The fraction of sp³-hybridized carbons (Fsp3) is 0.438. The predicted octanol–water partition coefficient (Wildman–Crippen LogP) is 2.52. The lowest BCUT2D eigenvalue weighted by Gasteiger charge is -2.13. The first kappa shape index (κ1) is 16.1. The summed E-state index contributed by atoms with van der Waals surface area (Å²) in [6, 6.07) is 6.76. The first-order valence-corrected chi connectivity index (χ1v) is 6.96. The molecule has 0 aliphatic carbocycles. The van der Waals surface area contributed by atoms with Crippen LogP contribution in [0.15, 0.2) is 30.3 Å². The van der Waals surface area contributed by atoms with Gasteiger partial charge in [0.05, 0.1) is 13.2 Å². The summed E-state index contributed by atoms with van der Waals surface area (Å²) in [5, 5.41) is 11.7. The molecule has 0 atom stereocenters. The van der Waals surface area contributed by atoms with E-state index < -0.39 is 5.97 Å². The number of rotatable bonds is 8. The Morgan fingerprint density at radius 3 is 2.50 bits per heavy atom. The van der Waals surface area contributed by atoms with E-state index in [1.807, 2.05) is 0 Å². The fourth-order valence-corrected chi connectivity index (χ4v) is 1.63. The molecule has 0 aliphatic heterocycles. The van der Waals surface area contributed by atoms with Crippen molar-refractivity contribution in [3.8, 4) is 5.75 Å². The topological polar surface area (TPSA) is 58.6 Å². The van der Waals surface area contributed by atoms with Crippen LogP contribution < -0.4 is 9.84 Å². The van der Waals surface area contributed by atoms with E-state index in [0.717, 1.165) is 31.1 Å². The van der Waals surface area contributed by atoms with Crippen LogP contribution in [0.4, 0.5) is 0 Å². The maximum atomic E-state index is 11.7. The zero-order valence-corrected chi connectivity index (χ0v) is 12.1. The van der Waals surface area contributed by atoms with Gasteiger partial charge in [0.15, 0.2) is 0 Å². The van der Waals surface area contributed by atoms with E-state index in [2.05, 4.69) is 6.92 Å². The minimum absolute atomic E-state index is 0.257. The molecule has 1 aromatic rings. The minimum Gasteiger partial charge on any atom is -0.872 e. The van der Waals surface area contributed by atoms with Crippen LogP contribution in [0.1, 0.15) is 38.7 Å².